The minimum absolute atomic E-state index is 0.125. The van der Waals surface area contributed by atoms with Crippen molar-refractivity contribution in [2.24, 2.45) is 0 Å². The van der Waals surface area contributed by atoms with Crippen LogP contribution in [0.3, 0.4) is 0 Å². The molecular formula is C16H20O5. The van der Waals surface area contributed by atoms with Crippen molar-refractivity contribution in [3.05, 3.63) is 59.7 Å². The topological polar surface area (TPSA) is 90.2 Å². The lowest BCUT2D eigenvalue weighted by Crippen LogP contribution is -1.93. The standard InChI is InChI=1S/C14H14O3.C2H6O2/c15-13-5-1-11(2-6-13)9-17-10-12-3-7-14(16)8-4-12;3-1-2-4/h1-8,15-16H,9-10H2;3-4H,1-2H2. The third-order valence-electron chi connectivity index (χ3n) is 2.51. The van der Waals surface area contributed by atoms with Gasteiger partial charge in [-0.05, 0) is 35.4 Å². The van der Waals surface area contributed by atoms with E-state index in [0.29, 0.717) is 13.2 Å². The molecule has 0 saturated carbocycles. The molecule has 114 valence electrons. The van der Waals surface area contributed by atoms with E-state index in [4.69, 9.17) is 25.2 Å². The van der Waals surface area contributed by atoms with Crippen LogP contribution in [0.5, 0.6) is 11.5 Å². The molecule has 0 bridgehead atoms. The lowest BCUT2D eigenvalue weighted by atomic mass is 10.2. The molecule has 0 aliphatic rings. The van der Waals surface area contributed by atoms with Crippen LogP contribution in [0.15, 0.2) is 48.5 Å². The van der Waals surface area contributed by atoms with Crippen LogP contribution < -0.4 is 0 Å². The highest BCUT2D eigenvalue weighted by Crippen LogP contribution is 2.13. The minimum Gasteiger partial charge on any atom is -0.508 e. The third-order valence-corrected chi connectivity index (χ3v) is 2.51. The summed E-state index contributed by atoms with van der Waals surface area (Å²) in [5, 5.41) is 33.5. The quantitative estimate of drug-likeness (QED) is 0.674. The zero-order valence-electron chi connectivity index (χ0n) is 11.6. The van der Waals surface area contributed by atoms with Gasteiger partial charge in [-0.15, -0.1) is 0 Å². The van der Waals surface area contributed by atoms with Gasteiger partial charge in [0.2, 0.25) is 0 Å². The van der Waals surface area contributed by atoms with E-state index in [9.17, 15) is 0 Å². The molecule has 0 fully saturated rings. The highest BCUT2D eigenvalue weighted by Gasteiger charge is 1.96. The highest BCUT2D eigenvalue weighted by molar-refractivity contribution is 5.26. The molecule has 0 aromatic heterocycles. The number of hydrogen-bond donors (Lipinski definition) is 4. The molecule has 0 saturated heterocycles. The van der Waals surface area contributed by atoms with Gasteiger partial charge in [0.1, 0.15) is 11.5 Å². The Kier molecular flexibility index (Phi) is 7.89. The van der Waals surface area contributed by atoms with E-state index in [1.54, 1.807) is 24.3 Å². The summed E-state index contributed by atoms with van der Waals surface area (Å²) in [5.74, 6) is 0.513. The van der Waals surface area contributed by atoms with Gasteiger partial charge in [-0.3, -0.25) is 0 Å². The molecule has 2 aromatic carbocycles. The number of hydrogen-bond acceptors (Lipinski definition) is 5. The van der Waals surface area contributed by atoms with Crippen LogP contribution in [-0.2, 0) is 18.0 Å². The first kappa shape index (κ1) is 17.0. The Labute approximate surface area is 123 Å². The largest absolute Gasteiger partial charge is 0.508 e. The maximum absolute atomic E-state index is 9.12. The average Bonchev–Trinajstić information content (AvgIpc) is 2.51. The van der Waals surface area contributed by atoms with Crippen LogP contribution in [0.4, 0.5) is 0 Å². The van der Waals surface area contributed by atoms with E-state index in [0.717, 1.165) is 11.1 Å². The van der Waals surface area contributed by atoms with Gasteiger partial charge in [0.25, 0.3) is 0 Å². The second kappa shape index (κ2) is 9.77. The highest BCUT2D eigenvalue weighted by atomic mass is 16.5. The molecular weight excluding hydrogens is 272 g/mol. The van der Waals surface area contributed by atoms with E-state index < -0.39 is 0 Å². The van der Waals surface area contributed by atoms with Crippen LogP contribution >= 0.6 is 0 Å². The first-order valence-electron chi connectivity index (χ1n) is 6.51. The number of aliphatic hydroxyl groups excluding tert-OH is 2. The maximum Gasteiger partial charge on any atom is 0.115 e. The summed E-state index contributed by atoms with van der Waals surface area (Å²) >= 11 is 0. The van der Waals surface area contributed by atoms with Crippen LogP contribution in [-0.4, -0.2) is 33.6 Å². The Balaban J connectivity index is 0.000000491. The molecule has 0 atom stereocenters. The molecule has 0 aliphatic heterocycles. The molecule has 2 rings (SSSR count). The second-order valence-electron chi connectivity index (χ2n) is 4.27. The summed E-state index contributed by atoms with van der Waals surface area (Å²) < 4.78 is 5.52. The number of rotatable bonds is 5. The predicted molar refractivity (Wildman–Crippen MR) is 78.9 cm³/mol. The lowest BCUT2D eigenvalue weighted by molar-refractivity contribution is 0.107. The molecule has 0 unspecified atom stereocenters. The van der Waals surface area contributed by atoms with Crippen molar-refractivity contribution in [3.8, 4) is 11.5 Å². The molecule has 0 aliphatic carbocycles. The Morgan fingerprint density at radius 1 is 0.619 bits per heavy atom. The first-order valence-corrected chi connectivity index (χ1v) is 6.51. The van der Waals surface area contributed by atoms with Gasteiger partial charge >= 0.3 is 0 Å². The molecule has 4 N–H and O–H groups in total. The SMILES string of the molecule is OCCO.Oc1ccc(COCc2ccc(O)cc2)cc1. The van der Waals surface area contributed by atoms with E-state index in [1.165, 1.54) is 0 Å². The second-order valence-corrected chi connectivity index (χ2v) is 4.27. The number of phenols is 2. The number of benzene rings is 2. The summed E-state index contributed by atoms with van der Waals surface area (Å²) in [6.45, 7) is 0.752. The molecule has 5 nitrogen and oxygen atoms in total. The van der Waals surface area contributed by atoms with Gasteiger partial charge in [0, 0.05) is 0 Å². The third kappa shape index (κ3) is 7.31. The van der Waals surface area contributed by atoms with E-state index in [-0.39, 0.29) is 24.7 Å². The van der Waals surface area contributed by atoms with Crippen LogP contribution in [0.1, 0.15) is 11.1 Å². The van der Waals surface area contributed by atoms with Crippen molar-refractivity contribution in [3.63, 3.8) is 0 Å². The molecule has 2 aromatic rings. The fourth-order valence-corrected chi connectivity index (χ4v) is 1.47. The Morgan fingerprint density at radius 3 is 1.24 bits per heavy atom. The maximum atomic E-state index is 9.12. The zero-order chi connectivity index (χ0) is 15.5. The summed E-state index contributed by atoms with van der Waals surface area (Å²) in [6.07, 6.45) is 0. The minimum atomic E-state index is -0.125. The van der Waals surface area contributed by atoms with Crippen LogP contribution in [0, 0.1) is 0 Å². The zero-order valence-corrected chi connectivity index (χ0v) is 11.6. The molecule has 0 radical (unpaired) electrons. The summed E-state index contributed by atoms with van der Waals surface area (Å²) in [6, 6.07) is 13.9. The summed E-state index contributed by atoms with van der Waals surface area (Å²) in [7, 11) is 0. The van der Waals surface area contributed by atoms with Crippen LogP contribution in [0.2, 0.25) is 0 Å². The summed E-state index contributed by atoms with van der Waals surface area (Å²) in [4.78, 5) is 0. The Bertz CT molecular complexity index is 446. The number of phenolic OH excluding ortho intramolecular Hbond substituents is 2. The van der Waals surface area contributed by atoms with Gasteiger partial charge in [0.15, 0.2) is 0 Å². The van der Waals surface area contributed by atoms with Crippen molar-refractivity contribution >= 4 is 0 Å². The van der Waals surface area contributed by atoms with Gasteiger partial charge in [-0.2, -0.15) is 0 Å². The van der Waals surface area contributed by atoms with Gasteiger partial charge < -0.3 is 25.2 Å². The van der Waals surface area contributed by atoms with Gasteiger partial charge in [-0.25, -0.2) is 0 Å². The molecule has 0 spiro atoms. The Morgan fingerprint density at radius 2 is 0.952 bits per heavy atom. The van der Waals surface area contributed by atoms with Gasteiger partial charge in [0.05, 0.1) is 26.4 Å². The number of aromatic hydroxyl groups is 2. The van der Waals surface area contributed by atoms with E-state index in [2.05, 4.69) is 0 Å². The van der Waals surface area contributed by atoms with Gasteiger partial charge in [-0.1, -0.05) is 24.3 Å². The monoisotopic (exact) mass is 292 g/mol. The predicted octanol–water partition coefficient (Wildman–Crippen LogP) is 1.79. The molecule has 0 heterocycles. The van der Waals surface area contributed by atoms with Crippen molar-refractivity contribution in [1.82, 2.24) is 0 Å². The normalized spacial score (nSPS) is 9.81. The molecule has 5 heteroatoms. The van der Waals surface area contributed by atoms with Crippen LogP contribution in [0.25, 0.3) is 0 Å². The van der Waals surface area contributed by atoms with E-state index in [1.807, 2.05) is 24.3 Å². The van der Waals surface area contributed by atoms with Crippen molar-refractivity contribution in [2.45, 2.75) is 13.2 Å². The van der Waals surface area contributed by atoms with Crippen molar-refractivity contribution < 1.29 is 25.2 Å². The summed E-state index contributed by atoms with van der Waals surface area (Å²) in [5.41, 5.74) is 2.03. The number of aliphatic hydroxyl groups is 2. The van der Waals surface area contributed by atoms with Crippen molar-refractivity contribution in [1.29, 1.82) is 0 Å². The first-order chi connectivity index (χ1) is 10.2. The van der Waals surface area contributed by atoms with E-state index >= 15 is 0 Å². The fraction of sp³-hybridized carbons (Fsp3) is 0.250. The fourth-order valence-electron chi connectivity index (χ4n) is 1.47. The molecule has 21 heavy (non-hydrogen) atoms. The molecule has 0 amide bonds. The number of ether oxygens (including phenoxy) is 1. The lowest BCUT2D eigenvalue weighted by Gasteiger charge is -2.05. The van der Waals surface area contributed by atoms with Crippen molar-refractivity contribution in [2.75, 3.05) is 13.2 Å². The Hall–Kier alpha value is -2.08. The average molecular weight is 292 g/mol. The smallest absolute Gasteiger partial charge is 0.115 e.